The molecule has 0 aliphatic heterocycles. The van der Waals surface area contributed by atoms with Crippen LogP contribution in [0.3, 0.4) is 0 Å². The van der Waals surface area contributed by atoms with E-state index in [2.05, 4.69) is 41.8 Å². The average molecular weight is 234 g/mol. The summed E-state index contributed by atoms with van der Waals surface area (Å²) in [7, 11) is 0. The van der Waals surface area contributed by atoms with E-state index in [9.17, 15) is 4.79 Å². The van der Waals surface area contributed by atoms with Crippen molar-refractivity contribution < 1.29 is 4.79 Å². The highest BCUT2D eigenvalue weighted by Gasteiger charge is 1.99. The molecule has 0 saturated carbocycles. The molecule has 0 aliphatic carbocycles. The summed E-state index contributed by atoms with van der Waals surface area (Å²) < 4.78 is 0. The summed E-state index contributed by atoms with van der Waals surface area (Å²) in [6.45, 7) is 6.44. The van der Waals surface area contributed by atoms with Gasteiger partial charge in [0.2, 0.25) is 5.91 Å². The molecule has 0 saturated heterocycles. The Bertz CT molecular complexity index is 350. The van der Waals surface area contributed by atoms with Gasteiger partial charge in [0.05, 0.1) is 0 Å². The van der Waals surface area contributed by atoms with E-state index in [0.717, 1.165) is 19.5 Å². The van der Waals surface area contributed by atoms with Crippen molar-refractivity contribution in [2.75, 3.05) is 19.6 Å². The summed E-state index contributed by atoms with van der Waals surface area (Å²) >= 11 is 0. The highest BCUT2D eigenvalue weighted by Crippen LogP contribution is 2.06. The number of benzene rings is 1. The Morgan fingerprint density at radius 2 is 2.00 bits per heavy atom. The van der Waals surface area contributed by atoms with Crippen molar-refractivity contribution in [2.24, 2.45) is 0 Å². The molecule has 17 heavy (non-hydrogen) atoms. The number of aryl methyl sites for hydroxylation is 1. The lowest BCUT2D eigenvalue weighted by Crippen LogP contribution is -2.28. The number of rotatable bonds is 7. The van der Waals surface area contributed by atoms with Crippen molar-refractivity contribution >= 4 is 5.91 Å². The lowest BCUT2D eigenvalue weighted by Gasteiger charge is -2.07. The Hall–Kier alpha value is -1.35. The fourth-order valence-corrected chi connectivity index (χ4v) is 1.73. The molecule has 2 N–H and O–H groups in total. The Labute approximate surface area is 104 Å². The van der Waals surface area contributed by atoms with Crippen LogP contribution < -0.4 is 10.6 Å². The molecule has 0 aliphatic rings. The molecular formula is C14H22N2O. The number of hydrogen-bond acceptors (Lipinski definition) is 2. The lowest BCUT2D eigenvalue weighted by atomic mass is 10.1. The quantitative estimate of drug-likeness (QED) is 0.704. The first-order valence-electron chi connectivity index (χ1n) is 6.26. The molecule has 0 aromatic heterocycles. The molecule has 94 valence electrons. The second-order valence-corrected chi connectivity index (χ2v) is 4.13. The molecule has 0 heterocycles. The highest BCUT2D eigenvalue weighted by atomic mass is 16.1. The minimum atomic E-state index is 0.121. The van der Waals surface area contributed by atoms with Crippen molar-refractivity contribution in [1.82, 2.24) is 10.6 Å². The highest BCUT2D eigenvalue weighted by molar-refractivity contribution is 5.75. The van der Waals surface area contributed by atoms with Crippen LogP contribution in [0.4, 0.5) is 0 Å². The lowest BCUT2D eigenvalue weighted by molar-refractivity contribution is -0.120. The van der Waals surface area contributed by atoms with Crippen LogP contribution >= 0.6 is 0 Å². The van der Waals surface area contributed by atoms with E-state index in [1.165, 1.54) is 11.1 Å². The predicted molar refractivity (Wildman–Crippen MR) is 71.1 cm³/mol. The number of hydrogen-bond donors (Lipinski definition) is 2. The fourth-order valence-electron chi connectivity index (χ4n) is 1.73. The maximum atomic E-state index is 11.2. The summed E-state index contributed by atoms with van der Waals surface area (Å²) in [5, 5.41) is 6.07. The third-order valence-electron chi connectivity index (χ3n) is 2.74. The first-order valence-corrected chi connectivity index (χ1v) is 6.26. The number of nitrogens with one attached hydrogen (secondary N) is 2. The van der Waals surface area contributed by atoms with Crippen molar-refractivity contribution in [1.29, 1.82) is 0 Å². The molecule has 1 aromatic rings. The monoisotopic (exact) mass is 234 g/mol. The zero-order valence-electron chi connectivity index (χ0n) is 10.8. The summed E-state index contributed by atoms with van der Waals surface area (Å²) in [4.78, 5) is 11.2. The van der Waals surface area contributed by atoms with Crippen LogP contribution in [0.1, 0.15) is 24.5 Å². The third-order valence-corrected chi connectivity index (χ3v) is 2.74. The average Bonchev–Trinajstić information content (AvgIpc) is 2.31. The minimum Gasteiger partial charge on any atom is -0.356 e. The van der Waals surface area contributed by atoms with Crippen LogP contribution in [-0.2, 0) is 11.2 Å². The van der Waals surface area contributed by atoms with E-state index in [0.29, 0.717) is 13.0 Å². The normalized spacial score (nSPS) is 10.2. The maximum Gasteiger partial charge on any atom is 0.221 e. The van der Waals surface area contributed by atoms with Gasteiger partial charge in [-0.3, -0.25) is 4.79 Å². The number of amides is 1. The number of carbonyl (C=O) groups excluding carboxylic acids is 1. The maximum absolute atomic E-state index is 11.2. The van der Waals surface area contributed by atoms with E-state index < -0.39 is 0 Å². The van der Waals surface area contributed by atoms with E-state index in [4.69, 9.17) is 0 Å². The topological polar surface area (TPSA) is 41.1 Å². The summed E-state index contributed by atoms with van der Waals surface area (Å²) in [6.07, 6.45) is 1.57. The Kier molecular flexibility index (Phi) is 6.33. The SMILES string of the molecule is CCNC(=O)CCNCCc1ccccc1C. The molecular weight excluding hydrogens is 212 g/mol. The number of carbonyl (C=O) groups is 1. The van der Waals surface area contributed by atoms with Gasteiger partial charge in [0.25, 0.3) is 0 Å². The first-order chi connectivity index (χ1) is 8.24. The van der Waals surface area contributed by atoms with Crippen LogP contribution in [-0.4, -0.2) is 25.5 Å². The van der Waals surface area contributed by atoms with Crippen LogP contribution in [0, 0.1) is 6.92 Å². The Balaban J connectivity index is 2.13. The molecule has 1 amide bonds. The molecule has 0 fully saturated rings. The van der Waals surface area contributed by atoms with E-state index in [1.54, 1.807) is 0 Å². The second-order valence-electron chi connectivity index (χ2n) is 4.13. The third kappa shape index (κ3) is 5.50. The molecule has 3 heteroatoms. The van der Waals surface area contributed by atoms with E-state index >= 15 is 0 Å². The van der Waals surface area contributed by atoms with Gasteiger partial charge >= 0.3 is 0 Å². The molecule has 1 aromatic carbocycles. The van der Waals surface area contributed by atoms with E-state index in [-0.39, 0.29) is 5.91 Å². The van der Waals surface area contributed by atoms with Gasteiger partial charge in [-0.05, 0) is 37.9 Å². The van der Waals surface area contributed by atoms with Crippen molar-refractivity contribution in [3.8, 4) is 0 Å². The van der Waals surface area contributed by atoms with Crippen LogP contribution in [0.5, 0.6) is 0 Å². The van der Waals surface area contributed by atoms with Gasteiger partial charge in [0.1, 0.15) is 0 Å². The summed E-state index contributed by atoms with van der Waals surface area (Å²) in [5.74, 6) is 0.121. The van der Waals surface area contributed by atoms with Gasteiger partial charge in [-0.1, -0.05) is 24.3 Å². The van der Waals surface area contributed by atoms with Gasteiger partial charge in [0.15, 0.2) is 0 Å². The summed E-state index contributed by atoms with van der Waals surface area (Å²) in [6, 6.07) is 8.41. The molecule has 0 unspecified atom stereocenters. The van der Waals surface area contributed by atoms with Crippen LogP contribution in [0.15, 0.2) is 24.3 Å². The standard InChI is InChI=1S/C14H22N2O/c1-3-16-14(17)9-11-15-10-8-13-7-5-4-6-12(13)2/h4-7,15H,3,8-11H2,1-2H3,(H,16,17). The molecule has 1 rings (SSSR count). The van der Waals surface area contributed by atoms with Crippen LogP contribution in [0.2, 0.25) is 0 Å². The van der Waals surface area contributed by atoms with Crippen molar-refractivity contribution in [3.63, 3.8) is 0 Å². The second kappa shape index (κ2) is 7.85. The molecule has 0 radical (unpaired) electrons. The van der Waals surface area contributed by atoms with Crippen molar-refractivity contribution in [3.05, 3.63) is 35.4 Å². The molecule has 0 atom stereocenters. The van der Waals surface area contributed by atoms with Gasteiger partial charge in [-0.15, -0.1) is 0 Å². The Morgan fingerprint density at radius 1 is 1.24 bits per heavy atom. The van der Waals surface area contributed by atoms with Crippen molar-refractivity contribution in [2.45, 2.75) is 26.7 Å². The van der Waals surface area contributed by atoms with E-state index in [1.807, 2.05) is 6.92 Å². The zero-order valence-corrected chi connectivity index (χ0v) is 10.8. The molecule has 0 spiro atoms. The van der Waals surface area contributed by atoms with Gasteiger partial charge < -0.3 is 10.6 Å². The summed E-state index contributed by atoms with van der Waals surface area (Å²) in [5.41, 5.74) is 2.70. The fraction of sp³-hybridized carbons (Fsp3) is 0.500. The smallest absolute Gasteiger partial charge is 0.221 e. The largest absolute Gasteiger partial charge is 0.356 e. The molecule has 3 nitrogen and oxygen atoms in total. The first kappa shape index (κ1) is 13.7. The van der Waals surface area contributed by atoms with Crippen LogP contribution in [0.25, 0.3) is 0 Å². The van der Waals surface area contributed by atoms with Gasteiger partial charge in [0, 0.05) is 19.5 Å². The minimum absolute atomic E-state index is 0.121. The Morgan fingerprint density at radius 3 is 2.71 bits per heavy atom. The van der Waals surface area contributed by atoms with Gasteiger partial charge in [-0.25, -0.2) is 0 Å². The van der Waals surface area contributed by atoms with Gasteiger partial charge in [-0.2, -0.15) is 0 Å². The zero-order chi connectivity index (χ0) is 12.5. The predicted octanol–water partition coefficient (Wildman–Crippen LogP) is 1.65. The molecule has 0 bridgehead atoms.